The maximum absolute atomic E-state index is 13.9. The second-order valence-corrected chi connectivity index (χ2v) is 8.94. The summed E-state index contributed by atoms with van der Waals surface area (Å²) in [5.41, 5.74) is 12.1. The van der Waals surface area contributed by atoms with Crippen LogP contribution in [0, 0.1) is 6.92 Å². The zero-order chi connectivity index (χ0) is 27.3. The molecule has 1 heterocycles. The van der Waals surface area contributed by atoms with E-state index in [9.17, 15) is 24.3 Å². The van der Waals surface area contributed by atoms with E-state index in [1.54, 1.807) is 26.0 Å². The Hall–Kier alpha value is -4.16. The minimum absolute atomic E-state index is 0.0662. The highest BCUT2D eigenvalue weighted by Gasteiger charge is 2.36. The van der Waals surface area contributed by atoms with Crippen molar-refractivity contribution in [2.24, 2.45) is 5.73 Å². The number of carbonyl (C=O) groups excluding carboxylic acids is 4. The number of hydrogen-bond donors (Lipinski definition) is 4. The number of nitrogens with two attached hydrogens (primary N) is 2. The summed E-state index contributed by atoms with van der Waals surface area (Å²) in [6.07, 6.45) is 0. The predicted molar refractivity (Wildman–Crippen MR) is 139 cm³/mol. The van der Waals surface area contributed by atoms with Crippen LogP contribution in [0.4, 0.5) is 11.4 Å². The van der Waals surface area contributed by atoms with Crippen molar-refractivity contribution in [2.75, 3.05) is 23.8 Å². The molecule has 0 unspecified atom stereocenters. The van der Waals surface area contributed by atoms with Crippen LogP contribution >= 0.6 is 23.1 Å². The molecule has 0 bridgehead atoms. The van der Waals surface area contributed by atoms with Crippen LogP contribution in [0.1, 0.15) is 44.3 Å². The van der Waals surface area contributed by atoms with Gasteiger partial charge in [-0.1, -0.05) is 29.8 Å². The summed E-state index contributed by atoms with van der Waals surface area (Å²) < 4.78 is 8.76. The Morgan fingerprint density at radius 1 is 1.19 bits per heavy atom. The van der Waals surface area contributed by atoms with Gasteiger partial charge >= 0.3 is 5.97 Å². The highest BCUT2D eigenvalue weighted by Crippen LogP contribution is 2.35. The van der Waals surface area contributed by atoms with Crippen molar-refractivity contribution >= 4 is 58.2 Å². The summed E-state index contributed by atoms with van der Waals surface area (Å²) >= 11 is 6.99. The van der Waals surface area contributed by atoms with Gasteiger partial charge in [0.1, 0.15) is 23.2 Å². The molecule has 2 aromatic carbocycles. The molecule has 0 aliphatic heterocycles. The van der Waals surface area contributed by atoms with Crippen LogP contribution < -0.4 is 21.7 Å². The van der Waals surface area contributed by atoms with Gasteiger partial charge in [-0.15, -0.1) is 0 Å². The summed E-state index contributed by atoms with van der Waals surface area (Å²) in [6, 6.07) is 8.96. The number of nitrogens with zero attached hydrogens (tertiary/aromatic N) is 2. The number of benzene rings is 2. The first kappa shape index (κ1) is 27.4. The number of phenols is 1. The average molecular weight is 546 g/mol. The van der Waals surface area contributed by atoms with Gasteiger partial charge in [-0.3, -0.25) is 24.1 Å². The number of aromatic hydroxyl groups is 1. The first-order valence-electron chi connectivity index (χ1n) is 10.9. The van der Waals surface area contributed by atoms with Gasteiger partial charge in [-0.05, 0) is 60.8 Å². The maximum Gasteiger partial charge on any atom is 0.325 e. The molecule has 13 heteroatoms. The molecule has 3 aromatic rings. The fourth-order valence-corrected chi connectivity index (χ4v) is 4.31. The van der Waals surface area contributed by atoms with Crippen LogP contribution in [0.2, 0.25) is 5.02 Å². The third-order valence-corrected chi connectivity index (χ3v) is 6.49. The van der Waals surface area contributed by atoms with Crippen LogP contribution in [-0.4, -0.2) is 46.3 Å². The molecule has 3 rings (SSSR count). The predicted octanol–water partition coefficient (Wildman–Crippen LogP) is 2.56. The molecule has 11 nitrogen and oxygen atoms in total. The van der Waals surface area contributed by atoms with E-state index >= 15 is 0 Å². The molecule has 0 aliphatic rings. The van der Waals surface area contributed by atoms with E-state index in [-0.39, 0.29) is 34.3 Å². The molecular formula is C24H24ClN5O6S. The summed E-state index contributed by atoms with van der Waals surface area (Å²) in [5.74, 6) is -3.16. The number of amides is 3. The van der Waals surface area contributed by atoms with E-state index in [2.05, 4.69) is 9.69 Å². The summed E-state index contributed by atoms with van der Waals surface area (Å²) in [6.45, 7) is 3.06. The minimum atomic E-state index is -1.36. The molecular weight excluding hydrogens is 522 g/mol. The Morgan fingerprint density at radius 2 is 1.86 bits per heavy atom. The van der Waals surface area contributed by atoms with Crippen molar-refractivity contribution < 1.29 is 29.0 Å². The lowest BCUT2D eigenvalue weighted by Crippen LogP contribution is -2.45. The van der Waals surface area contributed by atoms with E-state index in [1.807, 2.05) is 0 Å². The van der Waals surface area contributed by atoms with Crippen molar-refractivity contribution in [1.82, 2.24) is 9.69 Å². The van der Waals surface area contributed by atoms with Crippen LogP contribution in [-0.2, 0) is 14.3 Å². The van der Waals surface area contributed by atoms with Crippen molar-refractivity contribution in [3.8, 4) is 5.75 Å². The smallest absolute Gasteiger partial charge is 0.325 e. The molecule has 0 radical (unpaired) electrons. The molecule has 0 saturated carbocycles. The molecule has 1 atom stereocenters. The van der Waals surface area contributed by atoms with E-state index in [1.165, 1.54) is 30.3 Å². The number of aryl methyl sites for hydroxylation is 1. The molecule has 0 spiro atoms. The average Bonchev–Trinajstić information content (AvgIpc) is 3.25. The number of esters is 1. The van der Waals surface area contributed by atoms with Crippen molar-refractivity contribution in [1.29, 1.82) is 0 Å². The van der Waals surface area contributed by atoms with E-state index < -0.39 is 36.3 Å². The molecule has 194 valence electrons. The number of nitrogens with one attached hydrogen (secondary N) is 1. The number of hydrogen-bond acceptors (Lipinski definition) is 9. The highest BCUT2D eigenvalue weighted by atomic mass is 35.5. The Morgan fingerprint density at radius 3 is 2.43 bits per heavy atom. The highest BCUT2D eigenvalue weighted by molar-refractivity contribution is 7.09. The fourth-order valence-electron chi connectivity index (χ4n) is 3.40. The summed E-state index contributed by atoms with van der Waals surface area (Å²) in [7, 11) is 0. The Kier molecular flexibility index (Phi) is 8.69. The number of rotatable bonds is 9. The van der Waals surface area contributed by atoms with Crippen molar-refractivity contribution in [3.05, 3.63) is 69.2 Å². The number of anilines is 2. The number of phenolic OH excluding ortho intramolecular Hbond substituents is 1. The monoisotopic (exact) mass is 545 g/mol. The molecule has 1 aromatic heterocycles. The normalized spacial score (nSPS) is 11.4. The van der Waals surface area contributed by atoms with E-state index in [0.717, 1.165) is 10.5 Å². The fraction of sp³-hybridized carbons (Fsp3) is 0.208. The van der Waals surface area contributed by atoms with Crippen LogP contribution in [0.15, 0.2) is 42.5 Å². The van der Waals surface area contributed by atoms with Gasteiger partial charge in [0.05, 0.1) is 12.3 Å². The molecule has 6 N–H and O–H groups in total. The number of primary amides is 1. The van der Waals surface area contributed by atoms with Gasteiger partial charge < -0.3 is 26.6 Å². The number of ether oxygens (including phenoxy) is 1. The Balaban J connectivity index is 2.18. The van der Waals surface area contributed by atoms with Crippen molar-refractivity contribution in [2.45, 2.75) is 19.9 Å². The lowest BCUT2D eigenvalue weighted by Gasteiger charge is -2.31. The van der Waals surface area contributed by atoms with Gasteiger partial charge in [0.15, 0.2) is 5.69 Å². The summed E-state index contributed by atoms with van der Waals surface area (Å²) in [5, 5.41) is 12.6. The Bertz CT molecular complexity index is 1340. The maximum atomic E-state index is 13.9. The van der Waals surface area contributed by atoms with E-state index in [0.29, 0.717) is 22.1 Å². The van der Waals surface area contributed by atoms with Gasteiger partial charge in [-0.25, -0.2) is 0 Å². The standard InChI is InChI=1S/C24H24ClN5O6S/c1-3-36-17(32)11-28-23(34)20(13-5-8-15(31)9-6-13)30(14-7-4-12(2)16(25)10-14)24(35)21-18(26)19(22(27)33)29-37-21/h4-10,20,31H,3,11,26H2,1-2H3,(H2,27,33)(H,28,34)/t20-/m0/s1. The summed E-state index contributed by atoms with van der Waals surface area (Å²) in [4.78, 5) is 52.0. The van der Waals surface area contributed by atoms with Gasteiger partial charge in [0.25, 0.3) is 11.8 Å². The lowest BCUT2D eigenvalue weighted by molar-refractivity contribution is -0.143. The van der Waals surface area contributed by atoms with Crippen LogP contribution in [0.3, 0.4) is 0 Å². The first-order chi connectivity index (χ1) is 17.5. The number of nitrogen functional groups attached to an aromatic ring is 1. The van der Waals surface area contributed by atoms with Crippen LogP contribution in [0.25, 0.3) is 0 Å². The largest absolute Gasteiger partial charge is 0.508 e. The number of carbonyl (C=O) groups is 4. The molecule has 37 heavy (non-hydrogen) atoms. The Labute approximate surface area is 221 Å². The second kappa shape index (κ2) is 11.7. The number of aromatic nitrogens is 1. The van der Waals surface area contributed by atoms with Gasteiger partial charge in [-0.2, -0.15) is 4.37 Å². The zero-order valence-electron chi connectivity index (χ0n) is 19.9. The van der Waals surface area contributed by atoms with Gasteiger partial charge in [0, 0.05) is 10.7 Å². The SMILES string of the molecule is CCOC(=O)CNC(=O)[C@H](c1ccc(O)cc1)N(C(=O)c1snc(C(N)=O)c1N)c1ccc(C)c(Cl)c1. The quantitative estimate of drug-likeness (QED) is 0.296. The third-order valence-electron chi connectivity index (χ3n) is 5.24. The molecule has 0 fully saturated rings. The van der Waals surface area contributed by atoms with Gasteiger partial charge in [0.2, 0.25) is 5.91 Å². The minimum Gasteiger partial charge on any atom is -0.508 e. The number of halogens is 1. The second-order valence-electron chi connectivity index (χ2n) is 7.76. The zero-order valence-corrected chi connectivity index (χ0v) is 21.4. The lowest BCUT2D eigenvalue weighted by atomic mass is 10.0. The van der Waals surface area contributed by atoms with Crippen LogP contribution in [0.5, 0.6) is 5.75 Å². The van der Waals surface area contributed by atoms with E-state index in [4.69, 9.17) is 27.8 Å². The molecule has 0 aliphatic carbocycles. The molecule has 0 saturated heterocycles. The third kappa shape index (κ3) is 6.16. The topological polar surface area (TPSA) is 178 Å². The van der Waals surface area contributed by atoms with Crippen molar-refractivity contribution in [3.63, 3.8) is 0 Å². The molecule has 3 amide bonds. The first-order valence-corrected chi connectivity index (χ1v) is 12.1.